The highest BCUT2D eigenvalue weighted by Gasteiger charge is 2.14. The smallest absolute Gasteiger partial charge is 0.372 e. The van der Waals surface area contributed by atoms with E-state index in [1.54, 1.807) is 13.0 Å². The molecule has 18 heavy (non-hydrogen) atoms. The average Bonchev–Trinajstić information content (AvgIpc) is 2.65. The maximum Gasteiger partial charge on any atom is 0.372 e. The summed E-state index contributed by atoms with van der Waals surface area (Å²) in [6, 6.07) is 2.14. The number of furan rings is 1. The van der Waals surface area contributed by atoms with Crippen molar-refractivity contribution in [2.75, 3.05) is 20.6 Å². The Hall–Kier alpha value is -1.33. The molecule has 0 saturated heterocycles. The number of hydrogen-bond acceptors (Lipinski definition) is 4. The van der Waals surface area contributed by atoms with E-state index in [-0.39, 0.29) is 5.76 Å². The average molecular weight is 254 g/mol. The predicted molar refractivity (Wildman–Crippen MR) is 69.9 cm³/mol. The van der Waals surface area contributed by atoms with Crippen molar-refractivity contribution in [3.8, 4) is 0 Å². The van der Waals surface area contributed by atoms with Crippen LogP contribution in [0.2, 0.25) is 0 Å². The first-order valence-corrected chi connectivity index (χ1v) is 6.11. The number of carbonyl (C=O) groups is 1. The normalized spacial score (nSPS) is 12.9. The molecule has 0 radical (unpaired) electrons. The van der Waals surface area contributed by atoms with Gasteiger partial charge in [0, 0.05) is 11.6 Å². The van der Waals surface area contributed by atoms with Gasteiger partial charge in [0.1, 0.15) is 5.76 Å². The first-order chi connectivity index (χ1) is 8.40. The van der Waals surface area contributed by atoms with Gasteiger partial charge in [-0.3, -0.25) is 0 Å². The van der Waals surface area contributed by atoms with Crippen LogP contribution in [0.15, 0.2) is 10.5 Å². The van der Waals surface area contributed by atoms with Crippen LogP contribution in [-0.2, 0) is 6.54 Å². The summed E-state index contributed by atoms with van der Waals surface area (Å²) in [6.07, 6.45) is 1.04. The Labute approximate surface area is 108 Å². The second-order valence-electron chi connectivity index (χ2n) is 4.90. The lowest BCUT2D eigenvalue weighted by Crippen LogP contribution is -2.29. The number of aromatic carboxylic acids is 1. The number of carboxylic acid groups (broad SMARTS) is 1. The molecule has 0 fully saturated rings. The quantitative estimate of drug-likeness (QED) is 0.775. The van der Waals surface area contributed by atoms with E-state index in [9.17, 15) is 4.79 Å². The maximum absolute atomic E-state index is 10.8. The zero-order valence-corrected chi connectivity index (χ0v) is 11.5. The van der Waals surface area contributed by atoms with Crippen molar-refractivity contribution < 1.29 is 14.3 Å². The summed E-state index contributed by atoms with van der Waals surface area (Å²) < 4.78 is 5.28. The third kappa shape index (κ3) is 4.50. The van der Waals surface area contributed by atoms with E-state index in [0.717, 1.165) is 13.0 Å². The van der Waals surface area contributed by atoms with E-state index in [1.165, 1.54) is 0 Å². The molecular formula is C13H22N2O3. The summed E-state index contributed by atoms with van der Waals surface area (Å²) in [5, 5.41) is 12.2. The number of hydrogen-bond donors (Lipinski definition) is 2. The fourth-order valence-corrected chi connectivity index (χ4v) is 1.68. The third-order valence-corrected chi connectivity index (χ3v) is 2.80. The van der Waals surface area contributed by atoms with Crippen molar-refractivity contribution in [2.45, 2.75) is 32.9 Å². The molecule has 5 nitrogen and oxygen atoms in total. The van der Waals surface area contributed by atoms with Gasteiger partial charge in [0.25, 0.3) is 0 Å². The van der Waals surface area contributed by atoms with Crippen LogP contribution in [0, 0.1) is 6.92 Å². The Morgan fingerprint density at radius 2 is 2.22 bits per heavy atom. The van der Waals surface area contributed by atoms with E-state index >= 15 is 0 Å². The first kappa shape index (κ1) is 14.7. The summed E-state index contributed by atoms with van der Waals surface area (Å²) in [4.78, 5) is 13.0. The van der Waals surface area contributed by atoms with Crippen molar-refractivity contribution in [1.29, 1.82) is 0 Å². The molecule has 0 aliphatic rings. The molecule has 0 aliphatic carbocycles. The molecule has 0 aromatic carbocycles. The van der Waals surface area contributed by atoms with Crippen molar-refractivity contribution in [3.63, 3.8) is 0 Å². The molecule has 1 unspecified atom stereocenters. The molecule has 1 aromatic rings. The fourth-order valence-electron chi connectivity index (χ4n) is 1.68. The van der Waals surface area contributed by atoms with Gasteiger partial charge in [-0.25, -0.2) is 4.79 Å². The van der Waals surface area contributed by atoms with Gasteiger partial charge in [-0.1, -0.05) is 0 Å². The minimum Gasteiger partial charge on any atom is -0.475 e. The van der Waals surface area contributed by atoms with Crippen molar-refractivity contribution in [1.82, 2.24) is 10.2 Å². The number of nitrogens with one attached hydrogen (secondary N) is 1. The molecule has 0 amide bonds. The van der Waals surface area contributed by atoms with Crippen molar-refractivity contribution in [2.24, 2.45) is 0 Å². The zero-order chi connectivity index (χ0) is 13.7. The number of rotatable bonds is 7. The summed E-state index contributed by atoms with van der Waals surface area (Å²) >= 11 is 0. The Morgan fingerprint density at radius 1 is 1.56 bits per heavy atom. The largest absolute Gasteiger partial charge is 0.475 e. The monoisotopic (exact) mass is 254 g/mol. The van der Waals surface area contributed by atoms with Gasteiger partial charge in [0.15, 0.2) is 0 Å². The third-order valence-electron chi connectivity index (χ3n) is 2.80. The van der Waals surface area contributed by atoms with Crippen molar-refractivity contribution >= 4 is 5.97 Å². The highest BCUT2D eigenvalue weighted by molar-refractivity contribution is 5.86. The van der Waals surface area contributed by atoms with Gasteiger partial charge < -0.3 is 19.7 Å². The molecule has 5 heteroatoms. The van der Waals surface area contributed by atoms with E-state index in [0.29, 0.717) is 23.9 Å². The highest BCUT2D eigenvalue weighted by atomic mass is 16.4. The van der Waals surface area contributed by atoms with Crippen LogP contribution < -0.4 is 5.32 Å². The summed E-state index contributed by atoms with van der Waals surface area (Å²) in [6.45, 7) is 5.43. The van der Waals surface area contributed by atoms with E-state index in [4.69, 9.17) is 9.52 Å². The highest BCUT2D eigenvalue weighted by Crippen LogP contribution is 2.14. The van der Waals surface area contributed by atoms with Crippen LogP contribution in [0.25, 0.3) is 0 Å². The van der Waals surface area contributed by atoms with Crippen LogP contribution in [0.5, 0.6) is 0 Å². The Bertz CT molecular complexity index is 399. The molecule has 1 heterocycles. The van der Waals surface area contributed by atoms with Crippen LogP contribution in [0.3, 0.4) is 0 Å². The van der Waals surface area contributed by atoms with Crippen LogP contribution >= 0.6 is 0 Å². The molecule has 0 aliphatic heterocycles. The van der Waals surface area contributed by atoms with Gasteiger partial charge in [-0.2, -0.15) is 0 Å². The minimum atomic E-state index is -1.01. The number of carboxylic acids is 1. The SMILES string of the molecule is Cc1cc(CNC(C)CCN(C)C)oc1C(=O)O. The Morgan fingerprint density at radius 3 is 2.72 bits per heavy atom. The number of aryl methyl sites for hydroxylation is 1. The second kappa shape index (κ2) is 6.56. The van der Waals surface area contributed by atoms with Crippen LogP contribution in [0.4, 0.5) is 0 Å². The molecule has 1 aromatic heterocycles. The second-order valence-corrected chi connectivity index (χ2v) is 4.90. The lowest BCUT2D eigenvalue weighted by molar-refractivity contribution is 0.0659. The van der Waals surface area contributed by atoms with Gasteiger partial charge in [-0.05, 0) is 47.0 Å². The van der Waals surface area contributed by atoms with Gasteiger partial charge in [0.05, 0.1) is 6.54 Å². The first-order valence-electron chi connectivity index (χ1n) is 6.11. The molecule has 0 spiro atoms. The van der Waals surface area contributed by atoms with Crippen molar-refractivity contribution in [3.05, 3.63) is 23.2 Å². The van der Waals surface area contributed by atoms with Gasteiger partial charge in [0.2, 0.25) is 5.76 Å². The molecule has 0 saturated carbocycles. The standard InChI is InChI=1S/C13H22N2O3/c1-9-7-11(18-12(9)13(16)17)8-14-10(2)5-6-15(3)4/h7,10,14H,5-6,8H2,1-4H3,(H,16,17). The Balaban J connectivity index is 2.43. The summed E-state index contributed by atoms with van der Waals surface area (Å²) in [5.74, 6) is -0.311. The van der Waals surface area contributed by atoms with E-state index in [2.05, 4.69) is 17.1 Å². The summed E-state index contributed by atoms with van der Waals surface area (Å²) in [7, 11) is 4.09. The molecule has 0 bridgehead atoms. The molecule has 1 atom stereocenters. The van der Waals surface area contributed by atoms with Gasteiger partial charge >= 0.3 is 5.97 Å². The molecule has 102 valence electrons. The molecule has 1 rings (SSSR count). The number of nitrogens with zero attached hydrogens (tertiary/aromatic N) is 1. The molecular weight excluding hydrogens is 232 g/mol. The topological polar surface area (TPSA) is 65.7 Å². The predicted octanol–water partition coefficient (Wildman–Crippen LogP) is 1.72. The lowest BCUT2D eigenvalue weighted by Gasteiger charge is -2.15. The maximum atomic E-state index is 10.8. The molecule has 2 N–H and O–H groups in total. The minimum absolute atomic E-state index is 0.0349. The fraction of sp³-hybridized carbons (Fsp3) is 0.615. The zero-order valence-electron chi connectivity index (χ0n) is 11.5. The Kier molecular flexibility index (Phi) is 5.37. The van der Waals surface area contributed by atoms with Crippen LogP contribution in [-0.4, -0.2) is 42.7 Å². The summed E-state index contributed by atoms with van der Waals surface area (Å²) in [5.41, 5.74) is 0.667. The lowest BCUT2D eigenvalue weighted by atomic mass is 10.2. The van der Waals surface area contributed by atoms with Crippen LogP contribution in [0.1, 0.15) is 35.2 Å². The van der Waals surface area contributed by atoms with E-state index < -0.39 is 5.97 Å². The van der Waals surface area contributed by atoms with E-state index in [1.807, 2.05) is 14.1 Å². The van der Waals surface area contributed by atoms with Gasteiger partial charge in [-0.15, -0.1) is 0 Å².